The third-order valence-electron chi connectivity index (χ3n) is 6.73. The Kier molecular flexibility index (Phi) is 9.67. The molecule has 1 aliphatic carbocycles. The molecule has 1 aliphatic heterocycles. The van der Waals surface area contributed by atoms with Gasteiger partial charge in [0.2, 0.25) is 5.91 Å². The molecule has 1 aromatic carbocycles. The topological polar surface area (TPSA) is 91.0 Å². The Morgan fingerprint density at radius 1 is 1.20 bits per heavy atom. The van der Waals surface area contributed by atoms with E-state index in [2.05, 4.69) is 10.6 Å². The first kappa shape index (κ1) is 31.3. The molecule has 3 amide bonds. The summed E-state index contributed by atoms with van der Waals surface area (Å²) < 4.78 is 48.1. The number of benzene rings is 1. The van der Waals surface area contributed by atoms with Crippen LogP contribution in [0.3, 0.4) is 0 Å². The highest BCUT2D eigenvalue weighted by Gasteiger charge is 2.38. The Morgan fingerprint density at radius 2 is 1.93 bits per heavy atom. The minimum atomic E-state index is -4.80. The van der Waals surface area contributed by atoms with Crippen molar-refractivity contribution in [2.75, 3.05) is 49.6 Å². The minimum absolute atomic E-state index is 0.0742. The van der Waals surface area contributed by atoms with Crippen LogP contribution < -0.4 is 15.5 Å². The molecule has 4 rings (SSSR count). The third-order valence-corrected chi connectivity index (χ3v) is 7.96. The highest BCUT2D eigenvalue weighted by Crippen LogP contribution is 2.38. The van der Waals surface area contributed by atoms with Gasteiger partial charge in [-0.25, -0.2) is 0 Å². The summed E-state index contributed by atoms with van der Waals surface area (Å²) in [6.45, 7) is 7.14. The maximum absolute atomic E-state index is 14.2. The SMILES string of the molecule is CC(C)(C)CN(CC1CC1)[C@@H](CNC(=O)c1ccc(Cl)s1)C(=O)Nc1ccc(N2CCOCC2=O)cc1C(F)(F)F. The van der Waals surface area contributed by atoms with Crippen molar-refractivity contribution in [2.24, 2.45) is 11.3 Å². The van der Waals surface area contributed by atoms with Crippen LogP contribution in [0.15, 0.2) is 30.3 Å². The number of ether oxygens (including phenoxy) is 1. The van der Waals surface area contributed by atoms with E-state index < -0.39 is 41.2 Å². The zero-order chi connectivity index (χ0) is 29.9. The number of halogens is 4. The predicted octanol–water partition coefficient (Wildman–Crippen LogP) is 5.28. The molecule has 13 heteroatoms. The van der Waals surface area contributed by atoms with Gasteiger partial charge in [0.05, 0.1) is 27.1 Å². The monoisotopic (exact) mass is 614 g/mol. The zero-order valence-electron chi connectivity index (χ0n) is 23.1. The maximum atomic E-state index is 14.2. The molecule has 224 valence electrons. The number of morpholine rings is 1. The van der Waals surface area contributed by atoms with Gasteiger partial charge in [-0.05, 0) is 54.5 Å². The van der Waals surface area contributed by atoms with Crippen molar-refractivity contribution < 1.29 is 32.3 Å². The Morgan fingerprint density at radius 3 is 2.51 bits per heavy atom. The van der Waals surface area contributed by atoms with Crippen LogP contribution in [0, 0.1) is 11.3 Å². The van der Waals surface area contributed by atoms with Crippen LogP contribution in [-0.2, 0) is 20.5 Å². The lowest BCUT2D eigenvalue weighted by Crippen LogP contribution is -2.53. The first-order valence-corrected chi connectivity index (χ1v) is 14.6. The Hall–Kier alpha value is -2.67. The summed E-state index contributed by atoms with van der Waals surface area (Å²) in [5.74, 6) is -1.14. The molecule has 2 fully saturated rings. The van der Waals surface area contributed by atoms with Gasteiger partial charge in [-0.2, -0.15) is 13.2 Å². The van der Waals surface area contributed by atoms with Crippen molar-refractivity contribution in [1.82, 2.24) is 10.2 Å². The van der Waals surface area contributed by atoms with Gasteiger partial charge in [-0.3, -0.25) is 19.3 Å². The van der Waals surface area contributed by atoms with Gasteiger partial charge >= 0.3 is 6.18 Å². The van der Waals surface area contributed by atoms with E-state index in [1.54, 1.807) is 12.1 Å². The molecule has 1 saturated heterocycles. The molecular weight excluding hydrogens is 581 g/mol. The molecule has 1 aromatic heterocycles. The normalized spacial score (nSPS) is 17.1. The average molecular weight is 615 g/mol. The fourth-order valence-corrected chi connectivity index (χ4v) is 5.65. The number of thiophene rings is 1. The van der Waals surface area contributed by atoms with E-state index in [1.807, 2.05) is 25.7 Å². The summed E-state index contributed by atoms with van der Waals surface area (Å²) in [5.41, 5.74) is -1.63. The second-order valence-corrected chi connectivity index (χ2v) is 13.3. The number of rotatable bonds is 10. The fraction of sp³-hybridized carbons (Fsp3) is 0.536. The van der Waals surface area contributed by atoms with Gasteiger partial charge in [0.1, 0.15) is 12.6 Å². The highest BCUT2D eigenvalue weighted by atomic mass is 35.5. The lowest BCUT2D eigenvalue weighted by molar-refractivity contribution is -0.137. The van der Waals surface area contributed by atoms with Gasteiger partial charge < -0.3 is 20.3 Å². The number of anilines is 2. The van der Waals surface area contributed by atoms with Gasteiger partial charge in [-0.15, -0.1) is 11.3 Å². The number of alkyl halides is 3. The lowest BCUT2D eigenvalue weighted by atomic mass is 9.94. The van der Waals surface area contributed by atoms with E-state index in [4.69, 9.17) is 16.3 Å². The van der Waals surface area contributed by atoms with Crippen molar-refractivity contribution in [3.8, 4) is 0 Å². The van der Waals surface area contributed by atoms with Crippen LogP contribution in [0.4, 0.5) is 24.5 Å². The predicted molar refractivity (Wildman–Crippen MR) is 152 cm³/mol. The Bertz CT molecular complexity index is 1280. The van der Waals surface area contributed by atoms with Gasteiger partial charge in [-0.1, -0.05) is 32.4 Å². The van der Waals surface area contributed by atoms with E-state index in [0.717, 1.165) is 36.3 Å². The molecule has 0 unspecified atom stereocenters. The summed E-state index contributed by atoms with van der Waals surface area (Å²) in [6.07, 6.45) is -2.78. The average Bonchev–Trinajstić information content (AvgIpc) is 3.59. The van der Waals surface area contributed by atoms with E-state index >= 15 is 0 Å². The van der Waals surface area contributed by atoms with Gasteiger partial charge in [0, 0.05) is 31.9 Å². The molecule has 2 aromatic rings. The lowest BCUT2D eigenvalue weighted by Gasteiger charge is -2.36. The number of nitrogens with zero attached hydrogens (tertiary/aromatic N) is 2. The second-order valence-electron chi connectivity index (χ2n) is 11.6. The molecule has 0 bridgehead atoms. The number of carbonyl (C=O) groups is 3. The zero-order valence-corrected chi connectivity index (χ0v) is 24.7. The molecule has 2 N–H and O–H groups in total. The van der Waals surface area contributed by atoms with Crippen LogP contribution in [0.25, 0.3) is 0 Å². The maximum Gasteiger partial charge on any atom is 0.418 e. The molecule has 0 radical (unpaired) electrons. The molecule has 2 aliphatic rings. The molecular formula is C28H34ClF3N4O4S. The Balaban J connectivity index is 1.61. The first-order chi connectivity index (χ1) is 19.2. The Labute approximate surface area is 246 Å². The standard InChI is InChI=1S/C28H34ClF3N4O4S/c1-27(2,3)16-35(14-17-4-5-17)21(13-33-26(39)22-8-9-23(29)41-22)25(38)34-20-7-6-18(12-19(20)28(30,31)32)36-10-11-40-15-24(36)37/h6-9,12,17,21H,4-5,10-11,13-16H2,1-3H3,(H,33,39)(H,34,38)/t21-/m0/s1. The second kappa shape index (κ2) is 12.7. The van der Waals surface area contributed by atoms with Crippen molar-refractivity contribution >= 4 is 52.0 Å². The molecule has 8 nitrogen and oxygen atoms in total. The molecule has 1 saturated carbocycles. The molecule has 2 heterocycles. The number of carbonyl (C=O) groups excluding carboxylic acids is 3. The van der Waals surface area contributed by atoms with Crippen molar-refractivity contribution in [1.29, 1.82) is 0 Å². The van der Waals surface area contributed by atoms with E-state index in [1.165, 1.54) is 11.0 Å². The van der Waals surface area contributed by atoms with E-state index in [0.29, 0.717) is 28.2 Å². The molecule has 41 heavy (non-hydrogen) atoms. The van der Waals surface area contributed by atoms with Crippen LogP contribution in [0.5, 0.6) is 0 Å². The molecule has 0 spiro atoms. The number of amides is 3. The van der Waals surface area contributed by atoms with Crippen molar-refractivity contribution in [3.05, 3.63) is 45.1 Å². The van der Waals surface area contributed by atoms with Gasteiger partial charge in [0.15, 0.2) is 0 Å². The fourth-order valence-electron chi connectivity index (χ4n) is 4.69. The van der Waals surface area contributed by atoms with E-state index in [9.17, 15) is 27.6 Å². The minimum Gasteiger partial charge on any atom is -0.370 e. The number of hydrogen-bond donors (Lipinski definition) is 2. The van der Waals surface area contributed by atoms with Crippen LogP contribution >= 0.6 is 22.9 Å². The van der Waals surface area contributed by atoms with Crippen LogP contribution in [-0.4, -0.2) is 68.1 Å². The number of nitrogens with one attached hydrogen (secondary N) is 2. The highest BCUT2D eigenvalue weighted by molar-refractivity contribution is 7.18. The summed E-state index contributed by atoms with van der Waals surface area (Å²) in [4.78, 5) is 42.3. The summed E-state index contributed by atoms with van der Waals surface area (Å²) in [7, 11) is 0. The van der Waals surface area contributed by atoms with Crippen molar-refractivity contribution in [3.63, 3.8) is 0 Å². The van der Waals surface area contributed by atoms with Crippen molar-refractivity contribution in [2.45, 2.75) is 45.8 Å². The van der Waals surface area contributed by atoms with Crippen LogP contribution in [0.2, 0.25) is 4.34 Å². The number of hydrogen-bond acceptors (Lipinski definition) is 6. The summed E-state index contributed by atoms with van der Waals surface area (Å²) >= 11 is 7.06. The molecule has 1 atom stereocenters. The summed E-state index contributed by atoms with van der Waals surface area (Å²) in [6, 6.07) is 5.64. The van der Waals surface area contributed by atoms with Gasteiger partial charge in [0.25, 0.3) is 11.8 Å². The van der Waals surface area contributed by atoms with Crippen LogP contribution in [0.1, 0.15) is 48.8 Å². The largest absolute Gasteiger partial charge is 0.418 e. The first-order valence-electron chi connectivity index (χ1n) is 13.4. The summed E-state index contributed by atoms with van der Waals surface area (Å²) in [5, 5.41) is 5.26. The smallest absolute Gasteiger partial charge is 0.370 e. The quantitative estimate of drug-likeness (QED) is 0.380. The van der Waals surface area contributed by atoms with E-state index in [-0.39, 0.29) is 37.4 Å². The third kappa shape index (κ3) is 8.67.